The lowest BCUT2D eigenvalue weighted by Gasteiger charge is -2.32. The van der Waals surface area contributed by atoms with E-state index in [1.165, 1.54) is 6.92 Å². The summed E-state index contributed by atoms with van der Waals surface area (Å²) in [5.41, 5.74) is 2.02. The molecule has 8 nitrogen and oxygen atoms in total. The van der Waals surface area contributed by atoms with Crippen LogP contribution in [0.5, 0.6) is 0 Å². The second-order valence-corrected chi connectivity index (χ2v) is 7.84. The van der Waals surface area contributed by atoms with E-state index in [1.54, 1.807) is 17.9 Å². The number of piperidine rings is 1. The first kappa shape index (κ1) is 21.5. The fourth-order valence-electron chi connectivity index (χ4n) is 3.64. The zero-order valence-electron chi connectivity index (χ0n) is 17.6. The minimum absolute atomic E-state index is 0.0275. The van der Waals surface area contributed by atoms with E-state index in [9.17, 15) is 14.4 Å². The standard InChI is InChI=1S/C22H28N4O4/c1-14-4-6-17(7-5-14)19(23-16(3)27)13-21(28)26-10-8-18(9-11-26)22(29)24-20-12-15(2)30-25-20/h4-7,12,18-19H,8-11,13H2,1-3H3,(H,23,27)(H,24,25,29). The van der Waals surface area contributed by atoms with Crippen LogP contribution in [0, 0.1) is 19.8 Å². The number of hydrogen-bond acceptors (Lipinski definition) is 5. The Labute approximate surface area is 176 Å². The van der Waals surface area contributed by atoms with E-state index in [0.717, 1.165) is 11.1 Å². The molecule has 1 aromatic carbocycles. The Bertz CT molecular complexity index is 898. The lowest BCUT2D eigenvalue weighted by atomic mass is 9.95. The Morgan fingerprint density at radius 3 is 2.40 bits per heavy atom. The molecule has 8 heteroatoms. The highest BCUT2D eigenvalue weighted by Gasteiger charge is 2.29. The molecule has 3 rings (SSSR count). The van der Waals surface area contributed by atoms with Gasteiger partial charge in [-0.25, -0.2) is 0 Å². The molecule has 0 spiro atoms. The molecule has 1 aromatic heterocycles. The maximum atomic E-state index is 12.9. The van der Waals surface area contributed by atoms with Gasteiger partial charge < -0.3 is 20.1 Å². The van der Waals surface area contributed by atoms with Gasteiger partial charge in [-0.3, -0.25) is 14.4 Å². The molecule has 1 aliphatic rings. The van der Waals surface area contributed by atoms with E-state index in [-0.39, 0.29) is 36.1 Å². The predicted molar refractivity (Wildman–Crippen MR) is 112 cm³/mol. The number of carbonyl (C=O) groups is 3. The molecule has 0 saturated carbocycles. The maximum absolute atomic E-state index is 12.9. The summed E-state index contributed by atoms with van der Waals surface area (Å²) in [7, 11) is 0. The van der Waals surface area contributed by atoms with Crippen LogP contribution >= 0.6 is 0 Å². The Hall–Kier alpha value is -3.16. The number of hydrogen-bond donors (Lipinski definition) is 2. The minimum Gasteiger partial charge on any atom is -0.360 e. The number of benzene rings is 1. The molecule has 3 amide bonds. The van der Waals surface area contributed by atoms with Gasteiger partial charge in [-0.2, -0.15) is 0 Å². The van der Waals surface area contributed by atoms with Crippen LogP contribution in [0.2, 0.25) is 0 Å². The predicted octanol–water partition coefficient (Wildman–Crippen LogP) is 2.74. The van der Waals surface area contributed by atoms with Gasteiger partial charge in [0.05, 0.1) is 12.5 Å². The van der Waals surface area contributed by atoms with Gasteiger partial charge in [-0.15, -0.1) is 0 Å². The molecule has 0 bridgehead atoms. The monoisotopic (exact) mass is 412 g/mol. The number of likely N-dealkylation sites (tertiary alicyclic amines) is 1. The molecule has 2 aromatic rings. The van der Waals surface area contributed by atoms with Gasteiger partial charge in [0.1, 0.15) is 5.76 Å². The van der Waals surface area contributed by atoms with Crippen molar-refractivity contribution >= 4 is 23.5 Å². The van der Waals surface area contributed by atoms with Gasteiger partial charge in [-0.1, -0.05) is 35.0 Å². The first-order chi connectivity index (χ1) is 14.3. The second-order valence-electron chi connectivity index (χ2n) is 7.84. The van der Waals surface area contributed by atoms with Crippen molar-refractivity contribution in [2.45, 2.75) is 46.1 Å². The Morgan fingerprint density at radius 2 is 1.83 bits per heavy atom. The van der Waals surface area contributed by atoms with E-state index < -0.39 is 0 Å². The SMILES string of the molecule is CC(=O)NC(CC(=O)N1CCC(C(=O)Nc2cc(C)on2)CC1)c1ccc(C)cc1. The van der Waals surface area contributed by atoms with Gasteiger partial charge in [-0.05, 0) is 32.3 Å². The second kappa shape index (κ2) is 9.56. The van der Waals surface area contributed by atoms with Crippen molar-refractivity contribution in [1.29, 1.82) is 0 Å². The van der Waals surface area contributed by atoms with Gasteiger partial charge in [0.2, 0.25) is 17.7 Å². The van der Waals surface area contributed by atoms with Crippen molar-refractivity contribution in [1.82, 2.24) is 15.4 Å². The van der Waals surface area contributed by atoms with Crippen LogP contribution in [0.1, 0.15) is 49.1 Å². The Kier molecular flexibility index (Phi) is 6.87. The molecular formula is C22H28N4O4. The number of amides is 3. The summed E-state index contributed by atoms with van der Waals surface area (Å²) in [6.07, 6.45) is 1.37. The molecule has 160 valence electrons. The van der Waals surface area contributed by atoms with Gasteiger partial charge in [0.25, 0.3) is 0 Å². The average Bonchev–Trinajstić information content (AvgIpc) is 3.12. The lowest BCUT2D eigenvalue weighted by molar-refractivity contribution is -0.135. The van der Waals surface area contributed by atoms with Gasteiger partial charge in [0, 0.05) is 32.0 Å². The number of rotatable bonds is 6. The molecular weight excluding hydrogens is 384 g/mol. The van der Waals surface area contributed by atoms with Gasteiger partial charge in [0.15, 0.2) is 5.82 Å². The minimum atomic E-state index is -0.368. The summed E-state index contributed by atoms with van der Waals surface area (Å²) in [5.74, 6) is 0.563. The first-order valence-electron chi connectivity index (χ1n) is 10.2. The summed E-state index contributed by atoms with van der Waals surface area (Å²) < 4.78 is 4.96. The Balaban J connectivity index is 1.54. The largest absolute Gasteiger partial charge is 0.360 e. The average molecular weight is 412 g/mol. The van der Waals surface area contributed by atoms with Crippen molar-refractivity contribution in [3.05, 3.63) is 47.2 Å². The summed E-state index contributed by atoms with van der Waals surface area (Å²) in [6, 6.07) is 9.11. The number of nitrogens with one attached hydrogen (secondary N) is 2. The van der Waals surface area contributed by atoms with Crippen LogP contribution < -0.4 is 10.6 Å². The molecule has 2 heterocycles. The molecule has 1 saturated heterocycles. The number of carbonyl (C=O) groups excluding carboxylic acids is 3. The van der Waals surface area contributed by atoms with Crippen LogP contribution in [0.25, 0.3) is 0 Å². The molecule has 2 N–H and O–H groups in total. The Morgan fingerprint density at radius 1 is 1.17 bits per heavy atom. The van der Waals surface area contributed by atoms with E-state index in [1.807, 2.05) is 31.2 Å². The number of aromatic nitrogens is 1. The van der Waals surface area contributed by atoms with E-state index in [4.69, 9.17) is 4.52 Å². The highest BCUT2D eigenvalue weighted by atomic mass is 16.5. The van der Waals surface area contributed by atoms with Crippen molar-refractivity contribution in [3.63, 3.8) is 0 Å². The van der Waals surface area contributed by atoms with E-state index in [2.05, 4.69) is 15.8 Å². The van der Waals surface area contributed by atoms with Crippen LogP contribution in [0.15, 0.2) is 34.9 Å². The molecule has 30 heavy (non-hydrogen) atoms. The summed E-state index contributed by atoms with van der Waals surface area (Å²) in [5, 5.41) is 9.42. The number of anilines is 1. The third kappa shape index (κ3) is 5.68. The molecule has 0 radical (unpaired) electrons. The smallest absolute Gasteiger partial charge is 0.228 e. The third-order valence-electron chi connectivity index (χ3n) is 5.33. The highest BCUT2D eigenvalue weighted by Crippen LogP contribution is 2.23. The summed E-state index contributed by atoms with van der Waals surface area (Å²) in [6.45, 7) is 6.22. The first-order valence-corrected chi connectivity index (χ1v) is 10.2. The van der Waals surface area contributed by atoms with Crippen LogP contribution in [-0.4, -0.2) is 40.9 Å². The van der Waals surface area contributed by atoms with Crippen LogP contribution in [0.4, 0.5) is 5.82 Å². The third-order valence-corrected chi connectivity index (χ3v) is 5.33. The van der Waals surface area contributed by atoms with E-state index >= 15 is 0 Å². The van der Waals surface area contributed by atoms with Crippen molar-refractivity contribution in [2.75, 3.05) is 18.4 Å². The van der Waals surface area contributed by atoms with E-state index in [0.29, 0.717) is 37.5 Å². The topological polar surface area (TPSA) is 105 Å². The lowest BCUT2D eigenvalue weighted by Crippen LogP contribution is -2.43. The molecule has 1 atom stereocenters. The van der Waals surface area contributed by atoms with Crippen molar-refractivity contribution in [3.8, 4) is 0 Å². The number of aryl methyl sites for hydroxylation is 2. The normalized spacial score (nSPS) is 15.5. The fourth-order valence-corrected chi connectivity index (χ4v) is 3.64. The van der Waals surface area contributed by atoms with Crippen molar-refractivity contribution in [2.24, 2.45) is 5.92 Å². The molecule has 1 aliphatic heterocycles. The number of nitrogens with zero attached hydrogens (tertiary/aromatic N) is 2. The zero-order valence-corrected chi connectivity index (χ0v) is 17.6. The van der Waals surface area contributed by atoms with Crippen molar-refractivity contribution < 1.29 is 18.9 Å². The fraction of sp³-hybridized carbons (Fsp3) is 0.455. The highest BCUT2D eigenvalue weighted by molar-refractivity contribution is 5.91. The summed E-state index contributed by atoms with van der Waals surface area (Å²) >= 11 is 0. The van der Waals surface area contributed by atoms with Crippen LogP contribution in [-0.2, 0) is 14.4 Å². The van der Waals surface area contributed by atoms with Crippen LogP contribution in [0.3, 0.4) is 0 Å². The quantitative estimate of drug-likeness (QED) is 0.759. The molecule has 0 aliphatic carbocycles. The maximum Gasteiger partial charge on any atom is 0.228 e. The molecule has 1 fully saturated rings. The molecule has 1 unspecified atom stereocenters. The van der Waals surface area contributed by atoms with Gasteiger partial charge >= 0.3 is 0 Å². The zero-order chi connectivity index (χ0) is 21.7. The summed E-state index contributed by atoms with van der Waals surface area (Å²) in [4.78, 5) is 38.7.